The molecule has 0 unspecified atom stereocenters. The zero-order valence-electron chi connectivity index (χ0n) is 10.5. The van der Waals surface area contributed by atoms with Gasteiger partial charge in [-0.2, -0.15) is 0 Å². The summed E-state index contributed by atoms with van der Waals surface area (Å²) in [7, 11) is 0. The Bertz CT molecular complexity index is 362. The van der Waals surface area contributed by atoms with Gasteiger partial charge < -0.3 is 0 Å². The Morgan fingerprint density at radius 2 is 2.00 bits per heavy atom. The second-order valence-electron chi connectivity index (χ2n) is 4.23. The summed E-state index contributed by atoms with van der Waals surface area (Å²) in [5.74, 6) is 0.575. The molecule has 0 amide bonds. The van der Waals surface area contributed by atoms with Gasteiger partial charge >= 0.3 is 0 Å². The highest BCUT2D eigenvalue weighted by atomic mass is 14.7. The summed E-state index contributed by atoms with van der Waals surface area (Å²) in [6.07, 6.45) is 2.96. The Morgan fingerprint density at radius 1 is 1.33 bits per heavy atom. The van der Waals surface area contributed by atoms with Gasteiger partial charge in [-0.15, -0.1) is 0 Å². The predicted octanol–water partition coefficient (Wildman–Crippen LogP) is 4.40. The number of aliphatic imine (C=N–C) groups is 1. The minimum Gasteiger partial charge on any atom is -0.261 e. The van der Waals surface area contributed by atoms with E-state index >= 15 is 0 Å². The number of nitrogens with zero attached hydrogens (tertiary/aromatic N) is 1. The Balaban J connectivity index is 3.30. The van der Waals surface area contributed by atoms with E-state index in [-0.39, 0.29) is 0 Å². The lowest BCUT2D eigenvalue weighted by molar-refractivity contribution is 0.843. The van der Waals surface area contributed by atoms with Crippen LogP contribution in [0.3, 0.4) is 0 Å². The third-order valence-electron chi connectivity index (χ3n) is 2.73. The summed E-state index contributed by atoms with van der Waals surface area (Å²) in [6, 6.07) is 4.51. The highest BCUT2D eigenvalue weighted by Gasteiger charge is 2.08. The Kier molecular flexibility index (Phi) is 4.07. The van der Waals surface area contributed by atoms with E-state index in [1.807, 2.05) is 13.1 Å². The SMILES string of the molecule is CC=Nc1cc(C(C)C)c(CC)cc1C. The van der Waals surface area contributed by atoms with E-state index < -0.39 is 0 Å². The standard InChI is InChI=1S/C14H21N/c1-6-12-8-11(5)14(15-7-2)9-13(12)10(3)4/h7-10H,6H2,1-5H3. The number of hydrogen-bond donors (Lipinski definition) is 0. The zero-order chi connectivity index (χ0) is 11.4. The molecule has 0 aliphatic carbocycles. The van der Waals surface area contributed by atoms with Gasteiger partial charge in [0.25, 0.3) is 0 Å². The second kappa shape index (κ2) is 5.11. The van der Waals surface area contributed by atoms with Crippen LogP contribution in [0.5, 0.6) is 0 Å². The van der Waals surface area contributed by atoms with Gasteiger partial charge in [-0.3, -0.25) is 4.99 Å². The minimum absolute atomic E-state index is 0.575. The van der Waals surface area contributed by atoms with Crippen LogP contribution in [0.2, 0.25) is 0 Å². The van der Waals surface area contributed by atoms with Crippen molar-refractivity contribution in [2.75, 3.05) is 0 Å². The van der Waals surface area contributed by atoms with Crippen molar-refractivity contribution in [2.45, 2.75) is 47.0 Å². The fourth-order valence-corrected chi connectivity index (χ4v) is 1.89. The van der Waals surface area contributed by atoms with Crippen molar-refractivity contribution in [3.8, 4) is 0 Å². The topological polar surface area (TPSA) is 12.4 Å². The van der Waals surface area contributed by atoms with Crippen molar-refractivity contribution in [3.63, 3.8) is 0 Å². The first-order valence-corrected chi connectivity index (χ1v) is 5.72. The first-order chi connectivity index (χ1) is 7.10. The average molecular weight is 203 g/mol. The predicted molar refractivity (Wildman–Crippen MR) is 68.5 cm³/mol. The Morgan fingerprint density at radius 3 is 2.47 bits per heavy atom. The van der Waals surface area contributed by atoms with E-state index in [2.05, 4.69) is 44.8 Å². The zero-order valence-corrected chi connectivity index (χ0v) is 10.5. The monoisotopic (exact) mass is 203 g/mol. The van der Waals surface area contributed by atoms with Crippen molar-refractivity contribution < 1.29 is 0 Å². The minimum atomic E-state index is 0.575. The fourth-order valence-electron chi connectivity index (χ4n) is 1.89. The van der Waals surface area contributed by atoms with Crippen molar-refractivity contribution in [2.24, 2.45) is 4.99 Å². The summed E-state index contributed by atoms with van der Waals surface area (Å²) >= 11 is 0. The van der Waals surface area contributed by atoms with Gasteiger partial charge in [-0.1, -0.05) is 26.8 Å². The van der Waals surface area contributed by atoms with Crippen LogP contribution in [-0.4, -0.2) is 6.21 Å². The smallest absolute Gasteiger partial charge is 0.0657 e. The number of rotatable bonds is 3. The van der Waals surface area contributed by atoms with Crippen molar-refractivity contribution in [1.29, 1.82) is 0 Å². The Labute approximate surface area is 93.2 Å². The van der Waals surface area contributed by atoms with Gasteiger partial charge in [-0.25, -0.2) is 0 Å². The molecule has 1 heteroatoms. The molecule has 0 bridgehead atoms. The molecule has 0 radical (unpaired) electrons. The largest absolute Gasteiger partial charge is 0.261 e. The molecular formula is C14H21N. The normalized spacial score (nSPS) is 11.6. The molecule has 0 saturated heterocycles. The van der Waals surface area contributed by atoms with Gasteiger partial charge in [0.05, 0.1) is 5.69 Å². The molecule has 0 fully saturated rings. The van der Waals surface area contributed by atoms with Gasteiger partial charge in [0, 0.05) is 6.21 Å². The number of aryl methyl sites for hydroxylation is 2. The molecule has 82 valence electrons. The molecule has 0 aliphatic heterocycles. The molecule has 0 aromatic heterocycles. The van der Waals surface area contributed by atoms with Crippen LogP contribution >= 0.6 is 0 Å². The highest BCUT2D eigenvalue weighted by Crippen LogP contribution is 2.28. The lowest BCUT2D eigenvalue weighted by atomic mass is 9.93. The van der Waals surface area contributed by atoms with Crippen LogP contribution in [0.4, 0.5) is 5.69 Å². The molecule has 0 atom stereocenters. The van der Waals surface area contributed by atoms with E-state index in [9.17, 15) is 0 Å². The highest BCUT2D eigenvalue weighted by molar-refractivity contribution is 5.63. The molecule has 0 aliphatic rings. The summed E-state index contributed by atoms with van der Waals surface area (Å²) in [4.78, 5) is 4.40. The van der Waals surface area contributed by atoms with Gasteiger partial charge in [-0.05, 0) is 48.9 Å². The molecule has 15 heavy (non-hydrogen) atoms. The van der Waals surface area contributed by atoms with Gasteiger partial charge in [0.2, 0.25) is 0 Å². The van der Waals surface area contributed by atoms with Crippen LogP contribution in [0.25, 0.3) is 0 Å². The first kappa shape index (κ1) is 12.0. The molecule has 1 rings (SSSR count). The van der Waals surface area contributed by atoms with Crippen LogP contribution in [0.1, 0.15) is 50.3 Å². The summed E-state index contributed by atoms with van der Waals surface area (Å²) in [5.41, 5.74) is 5.27. The maximum Gasteiger partial charge on any atom is 0.0657 e. The first-order valence-electron chi connectivity index (χ1n) is 5.72. The lowest BCUT2D eigenvalue weighted by Gasteiger charge is -2.14. The maximum absolute atomic E-state index is 4.40. The molecule has 1 aromatic rings. The van der Waals surface area contributed by atoms with Crippen LogP contribution in [0, 0.1) is 6.92 Å². The van der Waals surface area contributed by atoms with Gasteiger partial charge in [0.1, 0.15) is 0 Å². The van der Waals surface area contributed by atoms with E-state index in [1.165, 1.54) is 16.7 Å². The molecule has 1 aromatic carbocycles. The molecule has 0 heterocycles. The lowest BCUT2D eigenvalue weighted by Crippen LogP contribution is -1.96. The molecule has 0 N–H and O–H groups in total. The molecular weight excluding hydrogens is 182 g/mol. The average Bonchev–Trinajstić information content (AvgIpc) is 2.20. The number of benzene rings is 1. The second-order valence-corrected chi connectivity index (χ2v) is 4.23. The van der Waals surface area contributed by atoms with E-state index in [0.717, 1.165) is 12.1 Å². The fraction of sp³-hybridized carbons (Fsp3) is 0.500. The Hall–Kier alpha value is -1.11. The van der Waals surface area contributed by atoms with E-state index in [4.69, 9.17) is 0 Å². The van der Waals surface area contributed by atoms with E-state index in [1.54, 1.807) is 0 Å². The molecule has 0 saturated carbocycles. The summed E-state index contributed by atoms with van der Waals surface area (Å²) in [5, 5.41) is 0. The summed E-state index contributed by atoms with van der Waals surface area (Å²) < 4.78 is 0. The quantitative estimate of drug-likeness (QED) is 0.645. The van der Waals surface area contributed by atoms with Crippen LogP contribution in [-0.2, 0) is 6.42 Å². The number of hydrogen-bond acceptors (Lipinski definition) is 1. The van der Waals surface area contributed by atoms with Crippen LogP contribution in [0.15, 0.2) is 17.1 Å². The molecule has 1 nitrogen and oxygen atoms in total. The van der Waals surface area contributed by atoms with Crippen molar-refractivity contribution in [1.82, 2.24) is 0 Å². The van der Waals surface area contributed by atoms with Crippen molar-refractivity contribution in [3.05, 3.63) is 28.8 Å². The van der Waals surface area contributed by atoms with Crippen molar-refractivity contribution >= 4 is 11.9 Å². The van der Waals surface area contributed by atoms with E-state index in [0.29, 0.717) is 5.92 Å². The maximum atomic E-state index is 4.40. The third kappa shape index (κ3) is 2.68. The van der Waals surface area contributed by atoms with Gasteiger partial charge in [0.15, 0.2) is 0 Å². The third-order valence-corrected chi connectivity index (χ3v) is 2.73. The summed E-state index contributed by atoms with van der Waals surface area (Å²) in [6.45, 7) is 10.8. The molecule has 0 spiro atoms. The van der Waals surface area contributed by atoms with Crippen LogP contribution < -0.4 is 0 Å².